The molecule has 0 fully saturated rings. The maximum Gasteiger partial charge on any atom is 0.238 e. The van der Waals surface area contributed by atoms with Crippen LogP contribution in [0.25, 0.3) is 133 Å². The minimum Gasteiger partial charge on any atom is -0.456 e. The third kappa shape index (κ3) is 5.93. The second kappa shape index (κ2) is 15.3. The van der Waals surface area contributed by atoms with Crippen LogP contribution < -0.4 is 0 Å². The lowest BCUT2D eigenvalue weighted by Gasteiger charge is -2.21. The fraction of sp³-hybridized carbons (Fsp3) is 0.0455. The summed E-state index contributed by atoms with van der Waals surface area (Å²) in [5.41, 5.74) is 18.6. The average molecular weight is 922 g/mol. The molecule has 6 nitrogen and oxygen atoms in total. The Kier molecular flexibility index (Phi) is 8.61. The Balaban J connectivity index is 0.963. The van der Waals surface area contributed by atoms with Crippen LogP contribution in [0.2, 0.25) is 0 Å². The molecule has 0 radical (unpaired) electrons. The molecule has 0 amide bonds. The molecule has 14 aromatic rings. The lowest BCUT2D eigenvalue weighted by molar-refractivity contribution is 0.661. The first kappa shape index (κ1) is 40.5. The highest BCUT2D eigenvalue weighted by Crippen LogP contribution is 2.51. The normalized spacial score (nSPS) is 13.0. The molecule has 0 bridgehead atoms. The van der Waals surface area contributed by atoms with Crippen LogP contribution in [0.15, 0.2) is 229 Å². The number of furan rings is 1. The second-order valence-electron chi connectivity index (χ2n) is 19.5. The van der Waals surface area contributed by atoms with Gasteiger partial charge >= 0.3 is 0 Å². The van der Waals surface area contributed by atoms with Crippen molar-refractivity contribution < 1.29 is 4.42 Å². The van der Waals surface area contributed by atoms with Crippen molar-refractivity contribution in [2.75, 3.05) is 0 Å². The van der Waals surface area contributed by atoms with Gasteiger partial charge < -0.3 is 8.98 Å². The van der Waals surface area contributed by atoms with Crippen LogP contribution in [-0.4, -0.2) is 24.1 Å². The number of fused-ring (bicyclic) bond motifs is 12. The van der Waals surface area contributed by atoms with Gasteiger partial charge in [-0.25, -0.2) is 4.98 Å². The smallest absolute Gasteiger partial charge is 0.238 e. The predicted octanol–water partition coefficient (Wildman–Crippen LogP) is 16.9. The summed E-state index contributed by atoms with van der Waals surface area (Å²) < 4.78 is 11.3. The van der Waals surface area contributed by atoms with E-state index in [1.807, 2.05) is 36.4 Å². The molecule has 15 rings (SSSR count). The monoisotopic (exact) mass is 921 g/mol. The van der Waals surface area contributed by atoms with Crippen molar-refractivity contribution in [3.8, 4) is 67.8 Å². The summed E-state index contributed by atoms with van der Waals surface area (Å²) in [5.74, 6) is 1.81. The van der Waals surface area contributed by atoms with Gasteiger partial charge in [-0.3, -0.25) is 4.57 Å². The minimum absolute atomic E-state index is 0.211. The highest BCUT2D eigenvalue weighted by molar-refractivity contribution is 6.19. The molecular formula is C66H43N5O. The minimum atomic E-state index is -0.211. The van der Waals surface area contributed by atoms with E-state index in [-0.39, 0.29) is 5.41 Å². The van der Waals surface area contributed by atoms with Crippen LogP contribution in [0.3, 0.4) is 0 Å². The van der Waals surface area contributed by atoms with E-state index < -0.39 is 0 Å². The van der Waals surface area contributed by atoms with E-state index in [4.69, 9.17) is 19.4 Å². The highest BCUT2D eigenvalue weighted by Gasteiger charge is 2.36. The Morgan fingerprint density at radius 2 is 0.931 bits per heavy atom. The molecule has 1 aliphatic carbocycles. The molecule has 0 spiro atoms. The number of benzene rings is 10. The van der Waals surface area contributed by atoms with E-state index in [2.05, 4.69) is 211 Å². The largest absolute Gasteiger partial charge is 0.456 e. The van der Waals surface area contributed by atoms with Gasteiger partial charge in [0, 0.05) is 54.5 Å². The molecule has 4 heterocycles. The van der Waals surface area contributed by atoms with Crippen LogP contribution in [-0.2, 0) is 5.41 Å². The summed E-state index contributed by atoms with van der Waals surface area (Å²) in [6.45, 7) is 4.67. The quantitative estimate of drug-likeness (QED) is 0.167. The third-order valence-corrected chi connectivity index (χ3v) is 15.2. The highest BCUT2D eigenvalue weighted by atomic mass is 16.3. The summed E-state index contributed by atoms with van der Waals surface area (Å²) in [4.78, 5) is 15.7. The van der Waals surface area contributed by atoms with Crippen molar-refractivity contribution in [2.24, 2.45) is 0 Å². The standard InChI is InChI=1S/C66H43N5O/c1-66(2)53-28-14-12-24-47(53)49-38-51-50-36-42(32-34-56(50)71(58(51)39-54(49)66)65-68-63(40-18-6-3-7-19-40)67-64(69-65)41-20-8-4-9-21-41)46-27-17-31-60-62(46)52-37-43(33-35-59(52)72-60)45-26-16-30-57-61(45)48-25-13-15-29-55(48)70(57)44-22-10-5-11-23-44/h3-39H,1-2H3. The van der Waals surface area contributed by atoms with Crippen molar-refractivity contribution in [3.63, 3.8) is 0 Å². The Morgan fingerprint density at radius 1 is 0.347 bits per heavy atom. The van der Waals surface area contributed by atoms with Crippen LogP contribution in [0.4, 0.5) is 0 Å². The Morgan fingerprint density at radius 3 is 1.69 bits per heavy atom. The third-order valence-electron chi connectivity index (χ3n) is 15.2. The maximum absolute atomic E-state index is 6.71. The first-order valence-electron chi connectivity index (χ1n) is 24.6. The molecule has 6 heteroatoms. The average Bonchev–Trinajstić information content (AvgIpc) is 4.15. The fourth-order valence-electron chi connectivity index (χ4n) is 11.8. The Labute approximate surface area is 414 Å². The summed E-state index contributed by atoms with van der Waals surface area (Å²) in [6.07, 6.45) is 0. The Hall–Kier alpha value is -9.39. The zero-order valence-electron chi connectivity index (χ0n) is 39.5. The van der Waals surface area contributed by atoms with Crippen molar-refractivity contribution >= 4 is 65.6 Å². The number of hydrogen-bond donors (Lipinski definition) is 0. The van der Waals surface area contributed by atoms with E-state index in [0.29, 0.717) is 17.6 Å². The summed E-state index contributed by atoms with van der Waals surface area (Å²) in [5, 5.41) is 6.87. The predicted molar refractivity (Wildman–Crippen MR) is 295 cm³/mol. The van der Waals surface area contributed by atoms with E-state index in [1.54, 1.807) is 0 Å². The van der Waals surface area contributed by atoms with Crippen LogP contribution >= 0.6 is 0 Å². The van der Waals surface area contributed by atoms with Gasteiger partial charge in [-0.2, -0.15) is 9.97 Å². The fourth-order valence-corrected chi connectivity index (χ4v) is 11.8. The first-order valence-corrected chi connectivity index (χ1v) is 24.6. The van der Waals surface area contributed by atoms with Crippen LogP contribution in [0.5, 0.6) is 0 Å². The van der Waals surface area contributed by atoms with Crippen LogP contribution in [0.1, 0.15) is 25.0 Å². The molecule has 0 aliphatic heterocycles. The zero-order chi connectivity index (χ0) is 47.7. The zero-order valence-corrected chi connectivity index (χ0v) is 39.5. The van der Waals surface area contributed by atoms with Crippen molar-refractivity contribution in [2.45, 2.75) is 19.3 Å². The molecule has 10 aromatic carbocycles. The maximum atomic E-state index is 6.71. The summed E-state index contributed by atoms with van der Waals surface area (Å²) in [7, 11) is 0. The molecule has 0 atom stereocenters. The number of aromatic nitrogens is 5. The van der Waals surface area contributed by atoms with E-state index >= 15 is 0 Å². The molecule has 338 valence electrons. The van der Waals surface area contributed by atoms with Gasteiger partial charge in [-0.15, -0.1) is 0 Å². The van der Waals surface area contributed by atoms with Gasteiger partial charge in [0.05, 0.1) is 22.1 Å². The number of hydrogen-bond acceptors (Lipinski definition) is 4. The van der Waals surface area contributed by atoms with E-state index in [0.717, 1.165) is 77.2 Å². The van der Waals surface area contributed by atoms with E-state index in [1.165, 1.54) is 49.6 Å². The number of para-hydroxylation sites is 2. The summed E-state index contributed by atoms with van der Waals surface area (Å²) >= 11 is 0. The van der Waals surface area contributed by atoms with E-state index in [9.17, 15) is 0 Å². The Bertz CT molecular complexity index is 4470. The lowest BCUT2D eigenvalue weighted by Crippen LogP contribution is -2.15. The van der Waals surface area contributed by atoms with Crippen LogP contribution in [0, 0.1) is 0 Å². The molecule has 4 aromatic heterocycles. The molecule has 72 heavy (non-hydrogen) atoms. The summed E-state index contributed by atoms with van der Waals surface area (Å²) in [6, 6.07) is 80.1. The lowest BCUT2D eigenvalue weighted by atomic mass is 9.82. The van der Waals surface area contributed by atoms with Gasteiger partial charge in [0.25, 0.3) is 0 Å². The van der Waals surface area contributed by atoms with Crippen molar-refractivity contribution in [1.82, 2.24) is 24.1 Å². The van der Waals surface area contributed by atoms with Crippen molar-refractivity contribution in [3.05, 3.63) is 236 Å². The second-order valence-corrected chi connectivity index (χ2v) is 19.5. The molecule has 1 aliphatic rings. The first-order chi connectivity index (χ1) is 35.5. The number of rotatable bonds is 6. The molecule has 0 unspecified atom stereocenters. The molecule has 0 saturated heterocycles. The van der Waals surface area contributed by atoms with Gasteiger partial charge in [0.1, 0.15) is 11.2 Å². The van der Waals surface area contributed by atoms with Gasteiger partial charge in [-0.1, -0.05) is 172 Å². The van der Waals surface area contributed by atoms with Gasteiger partial charge in [0.2, 0.25) is 5.95 Å². The van der Waals surface area contributed by atoms with Gasteiger partial charge in [-0.05, 0) is 111 Å². The SMILES string of the molecule is CC1(C)c2ccccc2-c2cc3c4cc(-c5cccc6oc7ccc(-c8cccc9c8c8ccccc8n9-c8ccccc8)cc7c56)ccc4n(-c4nc(-c5ccccc5)nc(-c5ccccc5)n4)c3cc21. The topological polar surface area (TPSA) is 61.7 Å². The molecule has 0 saturated carbocycles. The van der Waals surface area contributed by atoms with Gasteiger partial charge in [0.15, 0.2) is 11.6 Å². The molecule has 0 N–H and O–H groups in total. The van der Waals surface area contributed by atoms with Crippen molar-refractivity contribution in [1.29, 1.82) is 0 Å². The molecular weight excluding hydrogens is 879 g/mol. The number of nitrogens with zero attached hydrogens (tertiary/aromatic N) is 5.